The van der Waals surface area contributed by atoms with Gasteiger partial charge in [0.15, 0.2) is 0 Å². The van der Waals surface area contributed by atoms with Crippen LogP contribution < -0.4 is 0 Å². The van der Waals surface area contributed by atoms with Crippen molar-refractivity contribution in [1.82, 2.24) is 0 Å². The minimum Gasteiger partial charge on any atom is -0.388 e. The number of rotatable bonds is 17. The minimum atomic E-state index is -4.50. The minimum absolute atomic E-state index is 0.193. The second kappa shape index (κ2) is 14.8. The van der Waals surface area contributed by atoms with E-state index in [2.05, 4.69) is 11.4 Å². The molecule has 0 aromatic carbocycles. The van der Waals surface area contributed by atoms with Gasteiger partial charge in [0.25, 0.3) is 0 Å². The molecule has 0 bridgehead atoms. The van der Waals surface area contributed by atoms with E-state index >= 15 is 0 Å². The monoisotopic (exact) mass is 392 g/mol. The summed E-state index contributed by atoms with van der Waals surface area (Å²) in [5.41, 5.74) is -0.741. The molecule has 5 nitrogen and oxygen atoms in total. The standard InChI is InChI=1S/C20H41O5P/c1-4-5-6-7-8-9-10-11-12-13-14-15-16-17-19(21)20(2,3)18-25-26(22,23)24/h16-17,19,21H,4-15,18H2,1-3H3,(H2,22,23,24)/b17-16+/t19-/m1/s1. The number of phosphoric acid groups is 1. The zero-order valence-corrected chi connectivity index (χ0v) is 17.9. The molecule has 0 saturated heterocycles. The number of aliphatic hydroxyl groups excluding tert-OH is 1. The van der Waals surface area contributed by atoms with Crippen molar-refractivity contribution in [3.8, 4) is 0 Å². The largest absolute Gasteiger partial charge is 0.469 e. The molecular weight excluding hydrogens is 351 g/mol. The smallest absolute Gasteiger partial charge is 0.388 e. The summed E-state index contributed by atoms with van der Waals surface area (Å²) >= 11 is 0. The molecule has 3 N–H and O–H groups in total. The number of hydrogen-bond acceptors (Lipinski definition) is 3. The van der Waals surface area contributed by atoms with Crippen LogP contribution in [0.1, 0.15) is 97.8 Å². The average molecular weight is 393 g/mol. The van der Waals surface area contributed by atoms with E-state index in [-0.39, 0.29) is 6.61 Å². The molecule has 0 aliphatic rings. The van der Waals surface area contributed by atoms with Gasteiger partial charge in [-0.05, 0) is 12.8 Å². The first kappa shape index (κ1) is 25.8. The number of aliphatic hydroxyl groups is 1. The van der Waals surface area contributed by atoms with Crippen molar-refractivity contribution in [3.63, 3.8) is 0 Å². The number of unbranched alkanes of at least 4 members (excludes halogenated alkanes) is 11. The van der Waals surface area contributed by atoms with Crippen LogP contribution in [0, 0.1) is 5.41 Å². The van der Waals surface area contributed by atoms with Crippen LogP contribution in [0.3, 0.4) is 0 Å². The van der Waals surface area contributed by atoms with Crippen molar-refractivity contribution in [2.24, 2.45) is 5.41 Å². The Morgan fingerprint density at radius 2 is 1.38 bits per heavy atom. The molecule has 0 amide bonds. The topological polar surface area (TPSA) is 87.0 Å². The van der Waals surface area contributed by atoms with Gasteiger partial charge in [-0.15, -0.1) is 0 Å². The Morgan fingerprint density at radius 3 is 1.85 bits per heavy atom. The Bertz CT molecular complexity index is 403. The predicted octanol–water partition coefficient (Wildman–Crippen LogP) is 5.74. The van der Waals surface area contributed by atoms with Crippen LogP contribution in [0.2, 0.25) is 0 Å². The first-order valence-electron chi connectivity index (χ1n) is 10.2. The molecule has 0 fully saturated rings. The molecule has 0 spiro atoms. The Morgan fingerprint density at radius 1 is 0.923 bits per heavy atom. The first-order valence-corrected chi connectivity index (χ1v) is 11.8. The Labute approximate surface area is 160 Å². The van der Waals surface area contributed by atoms with Crippen molar-refractivity contribution in [2.75, 3.05) is 6.61 Å². The van der Waals surface area contributed by atoms with E-state index in [0.717, 1.165) is 12.8 Å². The van der Waals surface area contributed by atoms with Gasteiger partial charge in [0, 0.05) is 5.41 Å². The third-order valence-corrected chi connectivity index (χ3v) is 5.16. The molecule has 0 rings (SSSR count). The third kappa shape index (κ3) is 16.0. The summed E-state index contributed by atoms with van der Waals surface area (Å²) in [4.78, 5) is 17.5. The maximum absolute atomic E-state index is 10.8. The van der Waals surface area contributed by atoms with Gasteiger partial charge in [0.1, 0.15) is 0 Å². The lowest BCUT2D eigenvalue weighted by Gasteiger charge is -2.28. The molecule has 0 saturated carbocycles. The van der Waals surface area contributed by atoms with Crippen molar-refractivity contribution < 1.29 is 24.0 Å². The maximum Gasteiger partial charge on any atom is 0.469 e. The van der Waals surface area contributed by atoms with Crippen LogP contribution in [-0.2, 0) is 9.09 Å². The Balaban J connectivity index is 3.63. The molecule has 0 aromatic heterocycles. The van der Waals surface area contributed by atoms with E-state index in [1.807, 2.05) is 6.08 Å². The lowest BCUT2D eigenvalue weighted by atomic mass is 9.87. The molecule has 26 heavy (non-hydrogen) atoms. The van der Waals surface area contributed by atoms with E-state index in [1.165, 1.54) is 64.2 Å². The van der Waals surface area contributed by atoms with Gasteiger partial charge in [-0.25, -0.2) is 4.57 Å². The van der Waals surface area contributed by atoms with Crippen LogP contribution in [0.4, 0.5) is 0 Å². The van der Waals surface area contributed by atoms with Gasteiger partial charge < -0.3 is 14.9 Å². The quantitative estimate of drug-likeness (QED) is 0.167. The fraction of sp³-hybridized carbons (Fsp3) is 0.900. The number of phosphoric ester groups is 1. The Kier molecular flexibility index (Phi) is 14.7. The summed E-state index contributed by atoms with van der Waals surface area (Å²) < 4.78 is 15.3. The maximum atomic E-state index is 10.8. The number of allylic oxidation sites excluding steroid dienone is 1. The van der Waals surface area contributed by atoms with Crippen LogP contribution in [0.15, 0.2) is 12.2 Å². The predicted molar refractivity (Wildman–Crippen MR) is 108 cm³/mol. The van der Waals surface area contributed by atoms with Crippen LogP contribution in [0.25, 0.3) is 0 Å². The van der Waals surface area contributed by atoms with Crippen LogP contribution >= 0.6 is 7.82 Å². The molecule has 0 aliphatic carbocycles. The van der Waals surface area contributed by atoms with Gasteiger partial charge in [0.05, 0.1) is 12.7 Å². The highest BCUT2D eigenvalue weighted by Crippen LogP contribution is 2.39. The summed E-state index contributed by atoms with van der Waals surface area (Å²) in [6.45, 7) is 5.50. The molecule has 1 atom stereocenters. The molecule has 0 heterocycles. The molecule has 0 unspecified atom stereocenters. The molecule has 0 aliphatic heterocycles. The van der Waals surface area contributed by atoms with E-state index < -0.39 is 19.3 Å². The molecular formula is C20H41O5P. The van der Waals surface area contributed by atoms with Gasteiger partial charge in [-0.3, -0.25) is 4.52 Å². The normalized spacial score (nSPS) is 14.2. The highest BCUT2D eigenvalue weighted by Gasteiger charge is 2.29. The van der Waals surface area contributed by atoms with Crippen LogP contribution in [0.5, 0.6) is 0 Å². The summed E-state index contributed by atoms with van der Waals surface area (Å²) in [7, 11) is -4.50. The first-order chi connectivity index (χ1) is 12.2. The third-order valence-electron chi connectivity index (χ3n) is 4.70. The van der Waals surface area contributed by atoms with E-state index in [9.17, 15) is 9.67 Å². The highest BCUT2D eigenvalue weighted by atomic mass is 31.2. The lowest BCUT2D eigenvalue weighted by molar-refractivity contribution is 0.0355. The molecule has 0 aromatic rings. The van der Waals surface area contributed by atoms with E-state index in [1.54, 1.807) is 19.9 Å². The van der Waals surface area contributed by atoms with E-state index in [4.69, 9.17) is 9.79 Å². The SMILES string of the molecule is CCCCCCCCCCCCC/C=C/[C@@H](O)C(C)(C)COP(=O)(O)O. The van der Waals surface area contributed by atoms with Gasteiger partial charge in [-0.2, -0.15) is 0 Å². The zero-order valence-electron chi connectivity index (χ0n) is 17.0. The summed E-state index contributed by atoms with van der Waals surface area (Å²) in [5, 5.41) is 10.1. The van der Waals surface area contributed by atoms with Gasteiger partial charge in [0.2, 0.25) is 0 Å². The van der Waals surface area contributed by atoms with Crippen molar-refractivity contribution in [1.29, 1.82) is 0 Å². The second-order valence-electron chi connectivity index (χ2n) is 7.95. The molecule has 0 radical (unpaired) electrons. The molecule has 156 valence electrons. The van der Waals surface area contributed by atoms with Gasteiger partial charge >= 0.3 is 7.82 Å². The second-order valence-corrected chi connectivity index (χ2v) is 9.19. The van der Waals surface area contributed by atoms with E-state index in [0.29, 0.717) is 0 Å². The van der Waals surface area contributed by atoms with Crippen molar-refractivity contribution >= 4 is 7.82 Å². The number of hydrogen-bond donors (Lipinski definition) is 3. The molecule has 6 heteroatoms. The zero-order chi connectivity index (χ0) is 19.9. The summed E-state index contributed by atoms with van der Waals surface area (Å²) in [6, 6.07) is 0. The fourth-order valence-electron chi connectivity index (χ4n) is 2.75. The lowest BCUT2D eigenvalue weighted by Crippen LogP contribution is -2.32. The van der Waals surface area contributed by atoms with Crippen LogP contribution in [-0.4, -0.2) is 27.6 Å². The Hall–Kier alpha value is -0.190. The fourth-order valence-corrected chi connectivity index (χ4v) is 3.25. The van der Waals surface area contributed by atoms with Crippen molar-refractivity contribution in [2.45, 2.75) is 104 Å². The van der Waals surface area contributed by atoms with Crippen molar-refractivity contribution in [3.05, 3.63) is 12.2 Å². The summed E-state index contributed by atoms with van der Waals surface area (Å²) in [5.74, 6) is 0. The highest BCUT2D eigenvalue weighted by molar-refractivity contribution is 7.46. The van der Waals surface area contributed by atoms with Gasteiger partial charge in [-0.1, -0.05) is 97.1 Å². The summed E-state index contributed by atoms with van der Waals surface area (Å²) in [6.07, 6.45) is 18.2. The average Bonchev–Trinajstić information content (AvgIpc) is 2.56.